The molecule has 1 aliphatic rings. The number of amides is 1. The van der Waals surface area contributed by atoms with Crippen LogP contribution in [0.2, 0.25) is 0 Å². The van der Waals surface area contributed by atoms with Gasteiger partial charge in [0, 0.05) is 29.8 Å². The van der Waals surface area contributed by atoms with E-state index in [0.29, 0.717) is 17.1 Å². The first-order chi connectivity index (χ1) is 13.5. The first-order valence-electron chi connectivity index (χ1n) is 9.26. The predicted octanol–water partition coefficient (Wildman–Crippen LogP) is 4.52. The molecule has 7 heteroatoms. The number of benzene rings is 1. The number of nitro benzene ring substituents is 1. The van der Waals surface area contributed by atoms with E-state index in [1.165, 1.54) is 24.6 Å². The molecule has 1 aliphatic carbocycles. The molecule has 28 heavy (non-hydrogen) atoms. The topological polar surface area (TPSA) is 109 Å². The molecule has 0 spiro atoms. The molecule has 7 nitrogen and oxygen atoms in total. The molecular weight excluding hydrogens is 358 g/mol. The molecule has 2 aromatic rings. The first-order valence-corrected chi connectivity index (χ1v) is 9.26. The van der Waals surface area contributed by atoms with Crippen LogP contribution < -0.4 is 5.32 Å². The third-order valence-corrected chi connectivity index (χ3v) is 4.92. The van der Waals surface area contributed by atoms with Crippen LogP contribution >= 0.6 is 0 Å². The fourth-order valence-electron chi connectivity index (χ4n) is 3.37. The van der Waals surface area contributed by atoms with Crippen LogP contribution in [0.5, 0.6) is 0 Å². The molecule has 1 amide bonds. The van der Waals surface area contributed by atoms with E-state index in [1.54, 1.807) is 18.2 Å². The summed E-state index contributed by atoms with van der Waals surface area (Å²) in [6.07, 6.45) is 6.61. The highest BCUT2D eigenvalue weighted by molar-refractivity contribution is 6.01. The van der Waals surface area contributed by atoms with Crippen LogP contribution in [0.15, 0.2) is 40.3 Å². The number of nitrogens with one attached hydrogen (secondary N) is 1. The Kier molecular flexibility index (Phi) is 5.90. The lowest BCUT2D eigenvalue weighted by molar-refractivity contribution is -0.384. The van der Waals surface area contributed by atoms with Gasteiger partial charge in [0.2, 0.25) is 0 Å². The molecule has 0 saturated heterocycles. The average molecular weight is 379 g/mol. The van der Waals surface area contributed by atoms with Crippen molar-refractivity contribution < 1.29 is 14.1 Å². The van der Waals surface area contributed by atoms with E-state index in [0.717, 1.165) is 31.2 Å². The minimum atomic E-state index is -0.462. The van der Waals surface area contributed by atoms with Crippen LogP contribution in [0.4, 0.5) is 5.69 Å². The van der Waals surface area contributed by atoms with Gasteiger partial charge in [-0.1, -0.05) is 25.3 Å². The molecular formula is C21H21N3O4. The summed E-state index contributed by atoms with van der Waals surface area (Å²) in [6, 6.07) is 9.88. The van der Waals surface area contributed by atoms with E-state index in [9.17, 15) is 20.2 Å². The molecule has 0 bridgehead atoms. The number of hydrogen-bond donors (Lipinski definition) is 1. The van der Waals surface area contributed by atoms with Crippen molar-refractivity contribution in [3.05, 3.63) is 57.3 Å². The van der Waals surface area contributed by atoms with Gasteiger partial charge in [-0.05, 0) is 37.5 Å². The predicted molar refractivity (Wildman–Crippen MR) is 104 cm³/mol. The fraction of sp³-hybridized carbons (Fsp3) is 0.333. The zero-order valence-electron chi connectivity index (χ0n) is 15.6. The molecule has 1 aromatic carbocycles. The van der Waals surface area contributed by atoms with Crippen LogP contribution in [0.3, 0.4) is 0 Å². The zero-order valence-corrected chi connectivity index (χ0v) is 15.6. The maximum absolute atomic E-state index is 12.4. The molecule has 0 aliphatic heterocycles. The van der Waals surface area contributed by atoms with E-state index in [4.69, 9.17) is 4.42 Å². The third-order valence-electron chi connectivity index (χ3n) is 4.92. The summed E-state index contributed by atoms with van der Waals surface area (Å²) in [7, 11) is 0. The third kappa shape index (κ3) is 4.46. The number of nitrogens with zero attached hydrogens (tertiary/aromatic N) is 2. The normalized spacial score (nSPS) is 15.1. The lowest BCUT2D eigenvalue weighted by Gasteiger charge is -2.22. The number of non-ortho nitro benzene ring substituents is 1. The van der Waals surface area contributed by atoms with Crippen molar-refractivity contribution in [2.45, 2.75) is 45.1 Å². The lowest BCUT2D eigenvalue weighted by Crippen LogP contribution is -2.36. The van der Waals surface area contributed by atoms with E-state index in [1.807, 2.05) is 13.0 Å². The Hall–Kier alpha value is -3.40. The van der Waals surface area contributed by atoms with E-state index in [2.05, 4.69) is 5.32 Å². The van der Waals surface area contributed by atoms with Crippen molar-refractivity contribution in [3.63, 3.8) is 0 Å². The fourth-order valence-corrected chi connectivity index (χ4v) is 3.37. The Morgan fingerprint density at radius 3 is 2.71 bits per heavy atom. The van der Waals surface area contributed by atoms with Gasteiger partial charge in [-0.3, -0.25) is 14.9 Å². The van der Waals surface area contributed by atoms with Gasteiger partial charge in [0.25, 0.3) is 11.6 Å². The summed E-state index contributed by atoms with van der Waals surface area (Å²) >= 11 is 0. The van der Waals surface area contributed by atoms with E-state index >= 15 is 0 Å². The van der Waals surface area contributed by atoms with E-state index in [-0.39, 0.29) is 17.3 Å². The number of hydrogen-bond acceptors (Lipinski definition) is 5. The molecule has 144 valence electrons. The number of furan rings is 1. The highest BCUT2D eigenvalue weighted by Crippen LogP contribution is 2.29. The summed E-state index contributed by atoms with van der Waals surface area (Å²) in [4.78, 5) is 22.9. The largest absolute Gasteiger partial charge is 0.457 e. The first kappa shape index (κ1) is 19.4. The zero-order chi connectivity index (χ0) is 20.1. The number of nitriles is 1. The van der Waals surface area contributed by atoms with Crippen molar-refractivity contribution in [1.82, 2.24) is 5.32 Å². The quantitative estimate of drug-likeness (QED) is 0.355. The maximum Gasteiger partial charge on any atom is 0.270 e. The smallest absolute Gasteiger partial charge is 0.270 e. The molecule has 0 atom stereocenters. The molecule has 1 N–H and O–H groups in total. The van der Waals surface area contributed by atoms with Crippen LogP contribution in [-0.4, -0.2) is 16.9 Å². The van der Waals surface area contributed by atoms with Crippen molar-refractivity contribution in [2.24, 2.45) is 0 Å². The van der Waals surface area contributed by atoms with Crippen LogP contribution in [-0.2, 0) is 4.79 Å². The molecule has 0 unspecified atom stereocenters. The van der Waals surface area contributed by atoms with Gasteiger partial charge < -0.3 is 9.73 Å². The summed E-state index contributed by atoms with van der Waals surface area (Å²) < 4.78 is 5.73. The average Bonchev–Trinajstić information content (AvgIpc) is 3.15. The second kappa shape index (κ2) is 8.53. The Bertz CT molecular complexity index is 962. The molecule has 1 saturated carbocycles. The summed E-state index contributed by atoms with van der Waals surface area (Å²) in [5.41, 5.74) is 1.37. The highest BCUT2D eigenvalue weighted by atomic mass is 16.6. The number of aryl methyl sites for hydroxylation is 1. The summed E-state index contributed by atoms with van der Waals surface area (Å²) in [6.45, 7) is 1.83. The summed E-state index contributed by atoms with van der Waals surface area (Å²) in [5, 5.41) is 23.3. The molecule has 0 radical (unpaired) electrons. The van der Waals surface area contributed by atoms with Crippen LogP contribution in [0.1, 0.15) is 43.4 Å². The number of carbonyl (C=O) groups excluding carboxylic acids is 1. The molecule has 1 aromatic heterocycles. The standard InChI is InChI=1S/C21H21N3O4/c1-14-7-8-17(24(26)27)12-19(14)20-10-9-18(28-20)11-15(13-22)21(25)23-16-5-3-2-4-6-16/h7-12,16H,2-6H2,1H3,(H,23,25)/b15-11+. The van der Waals surface area contributed by atoms with Gasteiger partial charge in [0.1, 0.15) is 23.2 Å². The van der Waals surface area contributed by atoms with Gasteiger partial charge in [-0.25, -0.2) is 0 Å². The Morgan fingerprint density at radius 2 is 2.04 bits per heavy atom. The minimum absolute atomic E-state index is 0.0257. The van der Waals surface area contributed by atoms with Crippen molar-refractivity contribution >= 4 is 17.7 Å². The Labute approximate surface area is 162 Å². The second-order valence-corrected chi connectivity index (χ2v) is 6.94. The van der Waals surface area contributed by atoms with Gasteiger partial charge >= 0.3 is 0 Å². The Morgan fingerprint density at radius 1 is 1.29 bits per heavy atom. The van der Waals surface area contributed by atoms with Gasteiger partial charge in [0.15, 0.2) is 0 Å². The second-order valence-electron chi connectivity index (χ2n) is 6.94. The number of nitro groups is 1. The van der Waals surface area contributed by atoms with Gasteiger partial charge in [-0.15, -0.1) is 0 Å². The molecule has 1 fully saturated rings. The van der Waals surface area contributed by atoms with Crippen molar-refractivity contribution in [2.75, 3.05) is 0 Å². The van der Waals surface area contributed by atoms with Crippen LogP contribution in [0, 0.1) is 28.4 Å². The van der Waals surface area contributed by atoms with Crippen LogP contribution in [0.25, 0.3) is 17.4 Å². The van der Waals surface area contributed by atoms with E-state index < -0.39 is 10.8 Å². The highest BCUT2D eigenvalue weighted by Gasteiger charge is 2.19. The lowest BCUT2D eigenvalue weighted by atomic mass is 9.95. The molecule has 3 rings (SSSR count). The van der Waals surface area contributed by atoms with Crippen molar-refractivity contribution in [3.8, 4) is 17.4 Å². The number of rotatable bonds is 5. The minimum Gasteiger partial charge on any atom is -0.457 e. The Balaban J connectivity index is 1.80. The SMILES string of the molecule is Cc1ccc([N+](=O)[O-])cc1-c1ccc(/C=C(\C#N)C(=O)NC2CCCCC2)o1. The van der Waals surface area contributed by atoms with Crippen molar-refractivity contribution in [1.29, 1.82) is 5.26 Å². The summed E-state index contributed by atoms with van der Waals surface area (Å²) in [5.74, 6) is 0.382. The maximum atomic E-state index is 12.4. The number of carbonyl (C=O) groups is 1. The van der Waals surface area contributed by atoms with Gasteiger partial charge in [-0.2, -0.15) is 5.26 Å². The van der Waals surface area contributed by atoms with Gasteiger partial charge in [0.05, 0.1) is 4.92 Å². The monoisotopic (exact) mass is 379 g/mol. The molecule has 1 heterocycles.